The Hall–Kier alpha value is -1.26. The second-order valence-electron chi connectivity index (χ2n) is 5.28. The van der Waals surface area contributed by atoms with Gasteiger partial charge in [-0.05, 0) is 25.1 Å². The predicted octanol–water partition coefficient (Wildman–Crippen LogP) is 1.80. The molecule has 4 nitrogen and oxygen atoms in total. The third-order valence-electron chi connectivity index (χ3n) is 4.00. The highest BCUT2D eigenvalue weighted by Gasteiger charge is 2.22. The monoisotopic (exact) mass is 263 g/mol. The summed E-state index contributed by atoms with van der Waals surface area (Å²) >= 11 is 0. The van der Waals surface area contributed by atoms with Gasteiger partial charge in [0.15, 0.2) is 0 Å². The molecule has 1 aromatic rings. The number of hydrogen-bond donors (Lipinski definition) is 1. The van der Waals surface area contributed by atoms with Crippen LogP contribution in [0.25, 0.3) is 0 Å². The number of nitrogens with two attached hydrogens (primary N) is 1. The fourth-order valence-corrected chi connectivity index (χ4v) is 2.77. The van der Waals surface area contributed by atoms with Gasteiger partial charge in [0.1, 0.15) is 5.75 Å². The van der Waals surface area contributed by atoms with Gasteiger partial charge in [0.05, 0.1) is 7.11 Å². The number of benzene rings is 1. The largest absolute Gasteiger partial charge is 0.497 e. The number of anilines is 1. The standard InChI is InChI=1S/C15H25N3O/c1-4-18-8-7-17(10-12(18)2)11-13-5-6-14(19-3)9-15(13)16/h5-6,9,12H,4,7-8,10-11,16H2,1-3H3. The van der Waals surface area contributed by atoms with Crippen LogP contribution < -0.4 is 10.5 Å². The summed E-state index contributed by atoms with van der Waals surface area (Å²) in [5.41, 5.74) is 8.10. The Labute approximate surface area is 116 Å². The summed E-state index contributed by atoms with van der Waals surface area (Å²) in [7, 11) is 1.67. The average Bonchev–Trinajstić information content (AvgIpc) is 2.41. The van der Waals surface area contributed by atoms with Gasteiger partial charge in [0.2, 0.25) is 0 Å². The Morgan fingerprint density at radius 2 is 2.16 bits per heavy atom. The van der Waals surface area contributed by atoms with Gasteiger partial charge in [-0.3, -0.25) is 9.80 Å². The van der Waals surface area contributed by atoms with Crippen molar-refractivity contribution >= 4 is 5.69 Å². The summed E-state index contributed by atoms with van der Waals surface area (Å²) in [6, 6.07) is 6.59. The van der Waals surface area contributed by atoms with Gasteiger partial charge in [-0.1, -0.05) is 13.0 Å². The molecule has 0 bridgehead atoms. The third-order valence-corrected chi connectivity index (χ3v) is 4.00. The fraction of sp³-hybridized carbons (Fsp3) is 0.600. The molecule has 1 aromatic carbocycles. The number of nitrogens with zero attached hydrogens (tertiary/aromatic N) is 2. The lowest BCUT2D eigenvalue weighted by Gasteiger charge is -2.39. The first-order valence-corrected chi connectivity index (χ1v) is 7.02. The number of piperazine rings is 1. The highest BCUT2D eigenvalue weighted by Crippen LogP contribution is 2.22. The van der Waals surface area contributed by atoms with E-state index in [1.165, 1.54) is 5.56 Å². The van der Waals surface area contributed by atoms with Crippen LogP contribution in [-0.4, -0.2) is 49.1 Å². The Balaban J connectivity index is 1.98. The van der Waals surface area contributed by atoms with Crippen molar-refractivity contribution < 1.29 is 4.74 Å². The zero-order valence-corrected chi connectivity index (χ0v) is 12.2. The van der Waals surface area contributed by atoms with Gasteiger partial charge < -0.3 is 10.5 Å². The minimum absolute atomic E-state index is 0.623. The normalized spacial score (nSPS) is 21.5. The van der Waals surface area contributed by atoms with E-state index in [0.29, 0.717) is 6.04 Å². The molecule has 1 fully saturated rings. The van der Waals surface area contributed by atoms with Crippen LogP contribution in [0.1, 0.15) is 19.4 Å². The Bertz CT molecular complexity index is 422. The van der Waals surface area contributed by atoms with E-state index >= 15 is 0 Å². The molecule has 0 aliphatic carbocycles. The van der Waals surface area contributed by atoms with Crippen LogP contribution in [0, 0.1) is 0 Å². The zero-order chi connectivity index (χ0) is 13.8. The van der Waals surface area contributed by atoms with Crippen molar-refractivity contribution in [2.75, 3.05) is 39.0 Å². The van der Waals surface area contributed by atoms with Gasteiger partial charge in [0, 0.05) is 44.0 Å². The van der Waals surface area contributed by atoms with Crippen LogP contribution >= 0.6 is 0 Å². The van der Waals surface area contributed by atoms with Gasteiger partial charge in [-0.25, -0.2) is 0 Å². The topological polar surface area (TPSA) is 41.7 Å². The SMILES string of the molecule is CCN1CCN(Cc2ccc(OC)cc2N)CC1C. The van der Waals surface area contributed by atoms with E-state index in [0.717, 1.165) is 44.2 Å². The zero-order valence-electron chi connectivity index (χ0n) is 12.2. The highest BCUT2D eigenvalue weighted by molar-refractivity contribution is 5.51. The molecule has 106 valence electrons. The molecule has 2 N–H and O–H groups in total. The van der Waals surface area contributed by atoms with Crippen molar-refractivity contribution in [3.8, 4) is 5.75 Å². The number of rotatable bonds is 4. The Morgan fingerprint density at radius 1 is 1.37 bits per heavy atom. The van der Waals surface area contributed by atoms with Gasteiger partial charge in [-0.15, -0.1) is 0 Å². The van der Waals surface area contributed by atoms with Crippen molar-refractivity contribution in [1.82, 2.24) is 9.80 Å². The van der Waals surface area contributed by atoms with Crippen LogP contribution in [0.15, 0.2) is 18.2 Å². The maximum Gasteiger partial charge on any atom is 0.120 e. The predicted molar refractivity (Wildman–Crippen MR) is 79.4 cm³/mol. The van der Waals surface area contributed by atoms with E-state index in [-0.39, 0.29) is 0 Å². The molecule has 2 rings (SSSR count). The van der Waals surface area contributed by atoms with Gasteiger partial charge >= 0.3 is 0 Å². The summed E-state index contributed by atoms with van der Waals surface area (Å²) < 4.78 is 5.19. The van der Waals surface area contributed by atoms with Crippen LogP contribution in [0.3, 0.4) is 0 Å². The second kappa shape index (κ2) is 6.26. The Kier molecular flexibility index (Phi) is 4.66. The molecule has 0 spiro atoms. The van der Waals surface area contributed by atoms with E-state index in [2.05, 4.69) is 29.7 Å². The summed E-state index contributed by atoms with van der Waals surface area (Å²) in [4.78, 5) is 5.00. The van der Waals surface area contributed by atoms with Gasteiger partial charge in [0.25, 0.3) is 0 Å². The number of nitrogen functional groups attached to an aromatic ring is 1. The van der Waals surface area contributed by atoms with E-state index in [4.69, 9.17) is 10.5 Å². The van der Waals surface area contributed by atoms with Crippen LogP contribution in [0.5, 0.6) is 5.75 Å². The lowest BCUT2D eigenvalue weighted by molar-refractivity contribution is 0.0836. The molecule has 1 aliphatic heterocycles. The molecular formula is C15H25N3O. The molecule has 1 atom stereocenters. The molecule has 0 radical (unpaired) electrons. The van der Waals surface area contributed by atoms with E-state index < -0.39 is 0 Å². The molecule has 1 heterocycles. The van der Waals surface area contributed by atoms with E-state index in [1.54, 1.807) is 7.11 Å². The van der Waals surface area contributed by atoms with Crippen LogP contribution in [0.4, 0.5) is 5.69 Å². The molecule has 19 heavy (non-hydrogen) atoms. The van der Waals surface area contributed by atoms with Crippen LogP contribution in [0.2, 0.25) is 0 Å². The van der Waals surface area contributed by atoms with Crippen molar-refractivity contribution in [2.24, 2.45) is 0 Å². The van der Waals surface area contributed by atoms with Crippen molar-refractivity contribution in [3.63, 3.8) is 0 Å². The minimum Gasteiger partial charge on any atom is -0.497 e. The molecule has 0 amide bonds. The lowest BCUT2D eigenvalue weighted by atomic mass is 10.1. The second-order valence-corrected chi connectivity index (χ2v) is 5.28. The van der Waals surface area contributed by atoms with Crippen LogP contribution in [-0.2, 0) is 6.54 Å². The maximum absolute atomic E-state index is 6.09. The minimum atomic E-state index is 0.623. The maximum atomic E-state index is 6.09. The third kappa shape index (κ3) is 3.39. The number of ether oxygens (including phenoxy) is 1. The van der Waals surface area contributed by atoms with E-state index in [9.17, 15) is 0 Å². The van der Waals surface area contributed by atoms with Crippen molar-refractivity contribution in [3.05, 3.63) is 23.8 Å². The smallest absolute Gasteiger partial charge is 0.120 e. The molecular weight excluding hydrogens is 238 g/mol. The molecule has 1 aliphatic rings. The van der Waals surface area contributed by atoms with Crippen molar-refractivity contribution in [2.45, 2.75) is 26.4 Å². The summed E-state index contributed by atoms with van der Waals surface area (Å²) in [6.07, 6.45) is 0. The Morgan fingerprint density at radius 3 is 2.74 bits per heavy atom. The fourth-order valence-electron chi connectivity index (χ4n) is 2.77. The summed E-state index contributed by atoms with van der Waals surface area (Å²) in [6.45, 7) is 9.97. The lowest BCUT2D eigenvalue weighted by Crippen LogP contribution is -2.51. The molecule has 4 heteroatoms. The molecule has 1 unspecified atom stereocenters. The number of hydrogen-bond acceptors (Lipinski definition) is 4. The number of methoxy groups -OCH3 is 1. The van der Waals surface area contributed by atoms with Crippen molar-refractivity contribution in [1.29, 1.82) is 0 Å². The summed E-state index contributed by atoms with van der Waals surface area (Å²) in [5.74, 6) is 0.824. The molecule has 0 saturated carbocycles. The van der Waals surface area contributed by atoms with E-state index in [1.807, 2.05) is 12.1 Å². The quantitative estimate of drug-likeness (QED) is 0.841. The van der Waals surface area contributed by atoms with Gasteiger partial charge in [-0.2, -0.15) is 0 Å². The number of likely N-dealkylation sites (N-methyl/N-ethyl adjacent to an activating group) is 1. The highest BCUT2D eigenvalue weighted by atomic mass is 16.5. The molecule has 1 saturated heterocycles. The first kappa shape index (κ1) is 14.2. The summed E-state index contributed by atoms with van der Waals surface area (Å²) in [5, 5.41) is 0. The first-order chi connectivity index (χ1) is 9.13. The molecule has 0 aromatic heterocycles. The first-order valence-electron chi connectivity index (χ1n) is 7.02. The average molecular weight is 263 g/mol.